The number of ether oxygens (including phenoxy) is 2. The number of rotatable bonds is 3. The van der Waals surface area contributed by atoms with E-state index in [1.54, 1.807) is 14.2 Å². The largest absolute Gasteiger partial charge is 0.497 e. The van der Waals surface area contributed by atoms with Gasteiger partial charge in [-0.25, -0.2) is 0 Å². The molecule has 0 saturated heterocycles. The van der Waals surface area contributed by atoms with Crippen molar-refractivity contribution in [2.75, 3.05) is 14.2 Å². The molecule has 1 aromatic carbocycles. The van der Waals surface area contributed by atoms with Crippen molar-refractivity contribution >= 4 is 5.78 Å². The predicted molar refractivity (Wildman–Crippen MR) is 65.7 cm³/mol. The van der Waals surface area contributed by atoms with Crippen LogP contribution < -0.4 is 9.47 Å². The summed E-state index contributed by atoms with van der Waals surface area (Å²) >= 11 is 0. The van der Waals surface area contributed by atoms with Crippen LogP contribution in [0.25, 0.3) is 0 Å². The highest BCUT2D eigenvalue weighted by molar-refractivity contribution is 5.92. The van der Waals surface area contributed by atoms with Crippen LogP contribution in [0.15, 0.2) is 18.2 Å². The van der Waals surface area contributed by atoms with Crippen molar-refractivity contribution < 1.29 is 14.3 Å². The van der Waals surface area contributed by atoms with Gasteiger partial charge in [-0.1, -0.05) is 13.8 Å². The molecule has 1 aliphatic rings. The van der Waals surface area contributed by atoms with Gasteiger partial charge < -0.3 is 9.47 Å². The summed E-state index contributed by atoms with van der Waals surface area (Å²) in [6, 6.07) is 5.74. The second-order valence-corrected chi connectivity index (χ2v) is 5.01. The Morgan fingerprint density at radius 1 is 1.24 bits per heavy atom. The number of Topliss-reactive ketones (excluding diaryl/α,β-unsaturated/α-hetero) is 1. The van der Waals surface area contributed by atoms with Crippen molar-refractivity contribution in [3.8, 4) is 11.5 Å². The zero-order valence-corrected chi connectivity index (χ0v) is 10.7. The van der Waals surface area contributed by atoms with Gasteiger partial charge >= 0.3 is 0 Å². The van der Waals surface area contributed by atoms with E-state index in [1.807, 2.05) is 32.0 Å². The molecule has 17 heavy (non-hydrogen) atoms. The molecule has 0 bridgehead atoms. The van der Waals surface area contributed by atoms with Crippen LogP contribution in [0.5, 0.6) is 11.5 Å². The Morgan fingerprint density at radius 2 is 1.94 bits per heavy atom. The Bertz CT molecular complexity index is 449. The van der Waals surface area contributed by atoms with Crippen LogP contribution in [-0.4, -0.2) is 20.0 Å². The van der Waals surface area contributed by atoms with Crippen molar-refractivity contribution in [3.63, 3.8) is 0 Å². The molecule has 1 saturated carbocycles. The van der Waals surface area contributed by atoms with Gasteiger partial charge in [0.1, 0.15) is 17.3 Å². The topological polar surface area (TPSA) is 35.5 Å². The van der Waals surface area contributed by atoms with Gasteiger partial charge in [0.15, 0.2) is 0 Å². The van der Waals surface area contributed by atoms with Crippen LogP contribution in [-0.2, 0) is 4.79 Å². The minimum Gasteiger partial charge on any atom is -0.497 e. The van der Waals surface area contributed by atoms with Gasteiger partial charge in [0, 0.05) is 23.3 Å². The lowest BCUT2D eigenvalue weighted by Crippen LogP contribution is -2.43. The van der Waals surface area contributed by atoms with E-state index >= 15 is 0 Å². The smallest absolute Gasteiger partial charge is 0.139 e. The fourth-order valence-electron chi connectivity index (χ4n) is 2.38. The van der Waals surface area contributed by atoms with Crippen molar-refractivity contribution in [1.82, 2.24) is 0 Å². The van der Waals surface area contributed by atoms with E-state index in [1.165, 1.54) is 0 Å². The fraction of sp³-hybridized carbons (Fsp3) is 0.500. The zero-order valence-electron chi connectivity index (χ0n) is 10.7. The molecule has 1 aromatic rings. The highest BCUT2D eigenvalue weighted by Gasteiger charge is 2.48. The van der Waals surface area contributed by atoms with Gasteiger partial charge in [-0.15, -0.1) is 0 Å². The molecule has 1 atom stereocenters. The second-order valence-electron chi connectivity index (χ2n) is 5.01. The average molecular weight is 234 g/mol. The lowest BCUT2D eigenvalue weighted by Gasteiger charge is -2.43. The van der Waals surface area contributed by atoms with E-state index in [0.29, 0.717) is 12.2 Å². The van der Waals surface area contributed by atoms with Gasteiger partial charge in [0.25, 0.3) is 0 Å². The molecule has 3 heteroatoms. The van der Waals surface area contributed by atoms with E-state index in [2.05, 4.69) is 0 Å². The fourth-order valence-corrected chi connectivity index (χ4v) is 2.38. The number of ketones is 1. The first-order valence-corrected chi connectivity index (χ1v) is 5.76. The Kier molecular flexibility index (Phi) is 2.86. The second kappa shape index (κ2) is 4.06. The summed E-state index contributed by atoms with van der Waals surface area (Å²) in [5.74, 6) is 2.17. The van der Waals surface area contributed by atoms with Gasteiger partial charge in [0.05, 0.1) is 14.2 Å². The molecular formula is C14H18O3. The zero-order chi connectivity index (χ0) is 12.6. The standard InChI is InChI=1S/C14H18O3/c1-14(2)11(8-13(14)15)10-7-9(16-3)5-6-12(10)17-4/h5-7,11H,8H2,1-4H3. The SMILES string of the molecule is COc1ccc(OC)c(C2CC(=O)C2(C)C)c1. The molecule has 0 amide bonds. The summed E-state index contributed by atoms with van der Waals surface area (Å²) in [7, 11) is 3.29. The van der Waals surface area contributed by atoms with Gasteiger partial charge in [-0.3, -0.25) is 4.79 Å². The molecule has 1 unspecified atom stereocenters. The minimum atomic E-state index is -0.292. The highest BCUT2D eigenvalue weighted by Crippen LogP contribution is 2.52. The number of benzene rings is 1. The van der Waals surface area contributed by atoms with Crippen LogP contribution in [0, 0.1) is 5.41 Å². The van der Waals surface area contributed by atoms with E-state index in [-0.39, 0.29) is 11.3 Å². The maximum Gasteiger partial charge on any atom is 0.139 e. The lowest BCUT2D eigenvalue weighted by atomic mass is 9.59. The molecule has 1 fully saturated rings. The molecule has 92 valence electrons. The summed E-state index contributed by atoms with van der Waals surface area (Å²) in [6.45, 7) is 3.98. The molecule has 2 rings (SSSR count). The van der Waals surface area contributed by atoms with Crippen molar-refractivity contribution in [1.29, 1.82) is 0 Å². The van der Waals surface area contributed by atoms with Crippen LogP contribution >= 0.6 is 0 Å². The molecule has 1 aliphatic carbocycles. The van der Waals surface area contributed by atoms with E-state index in [0.717, 1.165) is 17.1 Å². The predicted octanol–water partition coefficient (Wildman–Crippen LogP) is 2.79. The first-order valence-electron chi connectivity index (χ1n) is 5.76. The normalized spacial score (nSPS) is 21.9. The third kappa shape index (κ3) is 1.79. The van der Waals surface area contributed by atoms with Crippen molar-refractivity contribution in [2.45, 2.75) is 26.2 Å². The van der Waals surface area contributed by atoms with Gasteiger partial charge in [0.2, 0.25) is 0 Å². The first-order chi connectivity index (χ1) is 8.00. The molecule has 0 spiro atoms. The molecule has 0 heterocycles. The molecular weight excluding hydrogens is 216 g/mol. The number of hydrogen-bond donors (Lipinski definition) is 0. The lowest BCUT2D eigenvalue weighted by molar-refractivity contribution is -0.138. The quantitative estimate of drug-likeness (QED) is 0.806. The Balaban J connectivity index is 2.40. The molecule has 0 radical (unpaired) electrons. The minimum absolute atomic E-state index is 0.222. The van der Waals surface area contributed by atoms with E-state index in [9.17, 15) is 4.79 Å². The van der Waals surface area contributed by atoms with Crippen LogP contribution in [0.2, 0.25) is 0 Å². The highest BCUT2D eigenvalue weighted by atomic mass is 16.5. The maximum absolute atomic E-state index is 11.6. The summed E-state index contributed by atoms with van der Waals surface area (Å²) in [5, 5.41) is 0. The Hall–Kier alpha value is -1.51. The van der Waals surface area contributed by atoms with Gasteiger partial charge in [-0.2, -0.15) is 0 Å². The number of hydrogen-bond acceptors (Lipinski definition) is 3. The number of carbonyl (C=O) groups is 1. The molecule has 3 nitrogen and oxygen atoms in total. The third-order valence-electron chi connectivity index (χ3n) is 3.79. The Labute approximate surface area is 102 Å². The van der Waals surface area contributed by atoms with Crippen LogP contribution in [0.3, 0.4) is 0 Å². The monoisotopic (exact) mass is 234 g/mol. The molecule has 0 aliphatic heterocycles. The van der Waals surface area contributed by atoms with Crippen LogP contribution in [0.1, 0.15) is 31.7 Å². The average Bonchev–Trinajstić information content (AvgIpc) is 2.35. The van der Waals surface area contributed by atoms with Crippen LogP contribution in [0.4, 0.5) is 0 Å². The maximum atomic E-state index is 11.6. The number of carbonyl (C=O) groups excluding carboxylic acids is 1. The summed E-state index contributed by atoms with van der Waals surface area (Å²) in [5.41, 5.74) is 0.774. The number of methoxy groups -OCH3 is 2. The summed E-state index contributed by atoms with van der Waals surface area (Å²) < 4.78 is 10.6. The third-order valence-corrected chi connectivity index (χ3v) is 3.79. The van der Waals surface area contributed by atoms with E-state index in [4.69, 9.17) is 9.47 Å². The Morgan fingerprint density at radius 3 is 2.41 bits per heavy atom. The summed E-state index contributed by atoms with van der Waals surface area (Å²) in [6.07, 6.45) is 0.594. The van der Waals surface area contributed by atoms with Gasteiger partial charge in [-0.05, 0) is 18.2 Å². The first kappa shape index (κ1) is 12.0. The molecule has 0 aromatic heterocycles. The van der Waals surface area contributed by atoms with E-state index < -0.39 is 0 Å². The van der Waals surface area contributed by atoms with Crippen molar-refractivity contribution in [3.05, 3.63) is 23.8 Å². The molecule has 0 N–H and O–H groups in total. The summed E-state index contributed by atoms with van der Waals surface area (Å²) in [4.78, 5) is 11.6. The van der Waals surface area contributed by atoms with Crippen molar-refractivity contribution in [2.24, 2.45) is 5.41 Å².